The van der Waals surface area contributed by atoms with Crippen LogP contribution in [-0.2, 0) is 11.0 Å². The third-order valence-electron chi connectivity index (χ3n) is 1.29. The Labute approximate surface area is 71.7 Å². The molecule has 1 rings (SSSR count). The van der Waals surface area contributed by atoms with Crippen LogP contribution >= 0.6 is 0 Å². The van der Waals surface area contributed by atoms with Gasteiger partial charge in [0.25, 0.3) is 0 Å². The van der Waals surface area contributed by atoms with Crippen molar-refractivity contribution in [3.05, 3.63) is 29.8 Å². The van der Waals surface area contributed by atoms with Crippen molar-refractivity contribution in [1.29, 1.82) is 0 Å². The summed E-state index contributed by atoms with van der Waals surface area (Å²) < 4.78 is 35.9. The van der Waals surface area contributed by atoms with Crippen LogP contribution in [0.25, 0.3) is 0 Å². The van der Waals surface area contributed by atoms with Gasteiger partial charge in [-0.1, -0.05) is 0 Å². The smallest absolute Gasteiger partial charge is 0.211 e. The zero-order valence-corrected chi connectivity index (χ0v) is 6.22. The highest BCUT2D eigenvalue weighted by Crippen LogP contribution is 2.29. The molecule has 0 saturated carbocycles. The number of alkyl halides is 3. The van der Waals surface area contributed by atoms with Crippen molar-refractivity contribution in [3.63, 3.8) is 0 Å². The van der Waals surface area contributed by atoms with E-state index in [9.17, 15) is 18.0 Å². The van der Waals surface area contributed by atoms with E-state index >= 15 is 0 Å². The topological polar surface area (TPSA) is 29.4 Å². The van der Waals surface area contributed by atoms with Crippen LogP contribution in [0.5, 0.6) is 0 Å². The van der Waals surface area contributed by atoms with Gasteiger partial charge in [-0.05, 0) is 18.2 Å². The lowest BCUT2D eigenvalue weighted by Crippen LogP contribution is -2.03. The number of carbonyl (C=O) groups excluding carboxylic acids is 1. The normalized spacial score (nSPS) is 10.7. The third-order valence-corrected chi connectivity index (χ3v) is 1.29. The van der Waals surface area contributed by atoms with E-state index in [1.807, 2.05) is 0 Å². The van der Waals surface area contributed by atoms with Crippen LogP contribution in [0.3, 0.4) is 0 Å². The van der Waals surface area contributed by atoms with Crippen LogP contribution in [0.15, 0.2) is 23.2 Å². The minimum absolute atomic E-state index is 0.0306. The van der Waals surface area contributed by atoms with Crippen molar-refractivity contribution in [2.24, 2.45) is 4.99 Å². The van der Waals surface area contributed by atoms with Gasteiger partial charge in [-0.2, -0.15) is 18.2 Å². The fourth-order valence-electron chi connectivity index (χ4n) is 0.712. The van der Waals surface area contributed by atoms with Crippen LogP contribution < -0.4 is 0 Å². The van der Waals surface area contributed by atoms with Crippen LogP contribution in [-0.4, -0.2) is 6.08 Å². The van der Waals surface area contributed by atoms with Crippen LogP contribution in [0, 0.1) is 6.07 Å². The first-order valence-electron chi connectivity index (χ1n) is 3.21. The summed E-state index contributed by atoms with van der Waals surface area (Å²) in [6, 6.07) is 4.80. The number of halogens is 3. The van der Waals surface area contributed by atoms with Crippen molar-refractivity contribution in [2.45, 2.75) is 6.18 Å². The van der Waals surface area contributed by atoms with E-state index in [0.29, 0.717) is 0 Å². The van der Waals surface area contributed by atoms with Crippen LogP contribution in [0.1, 0.15) is 5.56 Å². The molecule has 0 heterocycles. The van der Waals surface area contributed by atoms with Crippen molar-refractivity contribution in [2.75, 3.05) is 0 Å². The first kappa shape index (κ1) is 9.48. The maximum absolute atomic E-state index is 12.0. The minimum atomic E-state index is -4.39. The zero-order valence-electron chi connectivity index (χ0n) is 6.22. The number of rotatable bonds is 1. The first-order valence-corrected chi connectivity index (χ1v) is 3.21. The molecular formula is C8H3F3NO. The van der Waals surface area contributed by atoms with Crippen molar-refractivity contribution < 1.29 is 18.0 Å². The highest BCUT2D eigenvalue weighted by molar-refractivity contribution is 5.48. The second kappa shape index (κ2) is 3.41. The number of isocyanates is 1. The first-order chi connectivity index (χ1) is 6.04. The Kier molecular flexibility index (Phi) is 2.49. The molecule has 0 aliphatic heterocycles. The molecule has 0 aliphatic carbocycles. The Hall–Kier alpha value is -1.61. The number of benzene rings is 1. The fourth-order valence-corrected chi connectivity index (χ4v) is 0.712. The SMILES string of the molecule is O=C=Nc1[c]cc(C(F)(F)F)cc1. The average Bonchev–Trinajstić information content (AvgIpc) is 2.04. The molecule has 0 spiro atoms. The molecule has 0 amide bonds. The molecule has 0 fully saturated rings. The molecule has 2 nitrogen and oxygen atoms in total. The highest BCUT2D eigenvalue weighted by Gasteiger charge is 2.29. The van der Waals surface area contributed by atoms with E-state index in [1.165, 1.54) is 6.08 Å². The minimum Gasteiger partial charge on any atom is -0.211 e. The Balaban J connectivity index is 3.00. The third kappa shape index (κ3) is 2.42. The van der Waals surface area contributed by atoms with Gasteiger partial charge in [0, 0.05) is 6.07 Å². The molecule has 1 radical (unpaired) electrons. The van der Waals surface area contributed by atoms with E-state index in [-0.39, 0.29) is 5.69 Å². The van der Waals surface area contributed by atoms with Gasteiger partial charge in [0.15, 0.2) is 0 Å². The average molecular weight is 186 g/mol. The quantitative estimate of drug-likeness (QED) is 0.489. The van der Waals surface area contributed by atoms with Crippen molar-refractivity contribution >= 4 is 11.8 Å². The van der Waals surface area contributed by atoms with E-state index < -0.39 is 11.7 Å². The summed E-state index contributed by atoms with van der Waals surface area (Å²) in [5.41, 5.74) is -0.791. The van der Waals surface area contributed by atoms with E-state index in [0.717, 1.165) is 18.2 Å². The summed E-state index contributed by atoms with van der Waals surface area (Å²) in [5.74, 6) is 0. The molecule has 13 heavy (non-hydrogen) atoms. The summed E-state index contributed by atoms with van der Waals surface area (Å²) in [7, 11) is 0. The van der Waals surface area contributed by atoms with Gasteiger partial charge in [-0.25, -0.2) is 4.79 Å². The maximum Gasteiger partial charge on any atom is 0.416 e. The van der Waals surface area contributed by atoms with Gasteiger partial charge in [-0.3, -0.25) is 0 Å². The van der Waals surface area contributed by atoms with Gasteiger partial charge in [-0.15, -0.1) is 0 Å². The molecule has 0 atom stereocenters. The summed E-state index contributed by atoms with van der Waals surface area (Å²) in [6.45, 7) is 0. The number of nitrogens with zero attached hydrogens (tertiary/aromatic N) is 1. The summed E-state index contributed by atoms with van der Waals surface area (Å²) in [6.07, 6.45) is -3.18. The molecule has 0 unspecified atom stereocenters. The Morgan fingerprint density at radius 3 is 2.46 bits per heavy atom. The second-order valence-corrected chi connectivity index (χ2v) is 2.16. The largest absolute Gasteiger partial charge is 0.416 e. The molecule has 1 aromatic rings. The second-order valence-electron chi connectivity index (χ2n) is 2.16. The number of aliphatic imine (C=N–C) groups is 1. The summed E-state index contributed by atoms with van der Waals surface area (Å²) >= 11 is 0. The lowest BCUT2D eigenvalue weighted by atomic mass is 10.2. The Bertz CT molecular complexity index is 335. The molecule has 0 aliphatic rings. The maximum atomic E-state index is 12.0. The Morgan fingerprint density at radius 1 is 1.38 bits per heavy atom. The van der Waals surface area contributed by atoms with Gasteiger partial charge in [0.2, 0.25) is 6.08 Å². The van der Waals surface area contributed by atoms with Crippen LogP contribution in [0.4, 0.5) is 18.9 Å². The van der Waals surface area contributed by atoms with E-state index in [2.05, 4.69) is 11.1 Å². The zero-order chi connectivity index (χ0) is 9.90. The monoisotopic (exact) mass is 186 g/mol. The van der Waals surface area contributed by atoms with Crippen molar-refractivity contribution in [3.8, 4) is 0 Å². The Morgan fingerprint density at radius 2 is 2.08 bits per heavy atom. The lowest BCUT2D eigenvalue weighted by molar-refractivity contribution is -0.137. The molecule has 0 N–H and O–H groups in total. The molecular weight excluding hydrogens is 183 g/mol. The molecule has 0 aromatic heterocycles. The van der Waals surface area contributed by atoms with E-state index in [4.69, 9.17) is 0 Å². The lowest BCUT2D eigenvalue weighted by Gasteiger charge is -2.04. The number of hydrogen-bond acceptors (Lipinski definition) is 2. The van der Waals surface area contributed by atoms with Crippen LogP contribution in [0.2, 0.25) is 0 Å². The highest BCUT2D eigenvalue weighted by atomic mass is 19.4. The predicted octanol–water partition coefficient (Wildman–Crippen LogP) is 2.47. The standard InChI is InChI=1S/C8H3F3NO/c9-8(10,11)6-1-3-7(4-2-6)12-5-13/h1-3H. The van der Waals surface area contributed by atoms with Gasteiger partial charge < -0.3 is 0 Å². The molecule has 5 heteroatoms. The fraction of sp³-hybridized carbons (Fsp3) is 0.125. The molecule has 0 saturated heterocycles. The summed E-state index contributed by atoms with van der Waals surface area (Å²) in [5, 5.41) is 0. The van der Waals surface area contributed by atoms with Gasteiger partial charge >= 0.3 is 6.18 Å². The van der Waals surface area contributed by atoms with Gasteiger partial charge in [0.05, 0.1) is 11.3 Å². The molecule has 0 bridgehead atoms. The predicted molar refractivity (Wildman–Crippen MR) is 38.1 cm³/mol. The molecule has 67 valence electrons. The van der Waals surface area contributed by atoms with Crippen molar-refractivity contribution in [1.82, 2.24) is 0 Å². The number of hydrogen-bond donors (Lipinski definition) is 0. The van der Waals surface area contributed by atoms with Gasteiger partial charge in [0.1, 0.15) is 0 Å². The molecule has 1 aromatic carbocycles. The van der Waals surface area contributed by atoms with E-state index in [1.54, 1.807) is 0 Å². The summed E-state index contributed by atoms with van der Waals surface area (Å²) in [4.78, 5) is 12.8.